The molecule has 0 atom stereocenters. The maximum absolute atomic E-state index is 11.4. The van der Waals surface area contributed by atoms with E-state index in [1.807, 2.05) is 6.26 Å². The van der Waals surface area contributed by atoms with Crippen LogP contribution in [0.3, 0.4) is 0 Å². The Kier molecular flexibility index (Phi) is 9.36. The average Bonchev–Trinajstić information content (AvgIpc) is 2.23. The van der Waals surface area contributed by atoms with Crippen LogP contribution in [0.25, 0.3) is 0 Å². The van der Waals surface area contributed by atoms with E-state index in [0.29, 0.717) is 24.7 Å². The number of unbranched alkanes of at least 4 members (excludes halogenated alkanes) is 1. The second-order valence-corrected chi connectivity index (χ2v) is 3.74. The van der Waals surface area contributed by atoms with Gasteiger partial charge in [0.2, 0.25) is 0 Å². The molecule has 0 radical (unpaired) electrons. The van der Waals surface area contributed by atoms with Crippen molar-refractivity contribution in [2.75, 3.05) is 25.2 Å². The molecule has 0 aliphatic carbocycles. The number of carbonyl (C=O) groups is 1. The second kappa shape index (κ2) is 9.83. The highest BCUT2D eigenvalue weighted by Crippen LogP contribution is 1.98. The van der Waals surface area contributed by atoms with Crippen molar-refractivity contribution in [2.24, 2.45) is 5.16 Å². The van der Waals surface area contributed by atoms with Crippen molar-refractivity contribution in [3.8, 4) is 0 Å². The molecule has 0 aromatic heterocycles. The van der Waals surface area contributed by atoms with E-state index in [-0.39, 0.29) is 5.97 Å². The molecule has 0 aliphatic rings. The van der Waals surface area contributed by atoms with Crippen molar-refractivity contribution in [3.63, 3.8) is 0 Å². The minimum atomic E-state index is -0.386. The molecule has 0 rings (SSSR count). The zero-order valence-electron chi connectivity index (χ0n) is 9.62. The van der Waals surface area contributed by atoms with Gasteiger partial charge in [-0.25, -0.2) is 4.79 Å². The van der Waals surface area contributed by atoms with Crippen LogP contribution in [-0.4, -0.2) is 36.9 Å². The van der Waals surface area contributed by atoms with Crippen molar-refractivity contribution >= 4 is 23.4 Å². The van der Waals surface area contributed by atoms with E-state index in [1.165, 1.54) is 11.8 Å². The molecule has 88 valence electrons. The summed E-state index contributed by atoms with van der Waals surface area (Å²) >= 11 is 1.52. The van der Waals surface area contributed by atoms with Crippen LogP contribution >= 0.6 is 11.8 Å². The van der Waals surface area contributed by atoms with Gasteiger partial charge in [-0.15, -0.1) is 0 Å². The van der Waals surface area contributed by atoms with E-state index in [4.69, 9.17) is 9.57 Å². The molecule has 0 N–H and O–H groups in total. The number of oxime groups is 1. The highest BCUT2D eigenvalue weighted by atomic mass is 32.2. The molecular formula is C10H19NO3S. The first-order valence-corrected chi connectivity index (χ1v) is 6.50. The van der Waals surface area contributed by atoms with Gasteiger partial charge in [0.05, 0.1) is 6.61 Å². The fraction of sp³-hybridized carbons (Fsp3) is 0.800. The number of rotatable bonds is 8. The molecule has 0 fully saturated rings. The van der Waals surface area contributed by atoms with E-state index >= 15 is 0 Å². The second-order valence-electron chi connectivity index (χ2n) is 2.88. The number of hydrogen-bond donors (Lipinski definition) is 0. The van der Waals surface area contributed by atoms with Crippen molar-refractivity contribution in [1.82, 2.24) is 0 Å². The van der Waals surface area contributed by atoms with Crippen molar-refractivity contribution in [3.05, 3.63) is 0 Å². The molecule has 0 amide bonds. The molecule has 0 saturated carbocycles. The Morgan fingerprint density at radius 2 is 2.13 bits per heavy atom. The summed E-state index contributed by atoms with van der Waals surface area (Å²) in [5, 5.41) is 3.79. The summed E-state index contributed by atoms with van der Waals surface area (Å²) in [6, 6.07) is 0. The standard InChI is InChI=1S/C10H19NO3S/c1-4-6-7-14-11-9(8-15-3)10(12)13-5-2/h4-8H2,1-3H3. The third-order valence-electron chi connectivity index (χ3n) is 1.56. The first kappa shape index (κ1) is 14.3. The molecule has 15 heavy (non-hydrogen) atoms. The molecule has 0 spiro atoms. The molecule has 5 heteroatoms. The Bertz CT molecular complexity index is 207. The summed E-state index contributed by atoms with van der Waals surface area (Å²) in [4.78, 5) is 16.4. The van der Waals surface area contributed by atoms with Gasteiger partial charge in [-0.05, 0) is 19.6 Å². The normalized spacial score (nSPS) is 11.3. The van der Waals surface area contributed by atoms with Gasteiger partial charge in [-0.2, -0.15) is 11.8 Å². The van der Waals surface area contributed by atoms with Gasteiger partial charge in [0, 0.05) is 5.75 Å². The first-order valence-electron chi connectivity index (χ1n) is 5.11. The Labute approximate surface area is 95.4 Å². The summed E-state index contributed by atoms with van der Waals surface area (Å²) in [7, 11) is 0. The number of nitrogens with zero attached hydrogens (tertiary/aromatic N) is 1. The molecular weight excluding hydrogens is 214 g/mol. The zero-order valence-corrected chi connectivity index (χ0v) is 10.4. The number of hydrogen-bond acceptors (Lipinski definition) is 5. The predicted octanol–water partition coefficient (Wildman–Crippen LogP) is 2.09. The van der Waals surface area contributed by atoms with Crippen molar-refractivity contribution in [2.45, 2.75) is 26.7 Å². The summed E-state index contributed by atoms with van der Waals surface area (Å²) < 4.78 is 4.85. The van der Waals surface area contributed by atoms with Crippen molar-refractivity contribution < 1.29 is 14.4 Å². The minimum Gasteiger partial charge on any atom is -0.461 e. The van der Waals surface area contributed by atoms with Gasteiger partial charge < -0.3 is 9.57 Å². The molecule has 0 aromatic carbocycles. The number of esters is 1. The van der Waals surface area contributed by atoms with Crippen LogP contribution in [0.5, 0.6) is 0 Å². The lowest BCUT2D eigenvalue weighted by Crippen LogP contribution is -2.20. The van der Waals surface area contributed by atoms with E-state index in [0.717, 1.165) is 12.8 Å². The third kappa shape index (κ3) is 7.25. The van der Waals surface area contributed by atoms with E-state index < -0.39 is 0 Å². The van der Waals surface area contributed by atoms with E-state index in [2.05, 4.69) is 12.1 Å². The fourth-order valence-corrected chi connectivity index (χ4v) is 1.25. The van der Waals surface area contributed by atoms with Crippen LogP contribution in [0.1, 0.15) is 26.7 Å². The van der Waals surface area contributed by atoms with Gasteiger partial charge in [0.15, 0.2) is 5.71 Å². The monoisotopic (exact) mass is 233 g/mol. The SMILES string of the molecule is CCCCON=C(CSC)C(=O)OCC. The molecule has 0 bridgehead atoms. The quantitative estimate of drug-likeness (QED) is 0.279. The molecule has 0 heterocycles. The maximum atomic E-state index is 11.4. The summed E-state index contributed by atoms with van der Waals surface area (Å²) in [6.07, 6.45) is 3.90. The molecule has 0 saturated heterocycles. The molecule has 0 aliphatic heterocycles. The molecule has 4 nitrogen and oxygen atoms in total. The Hall–Kier alpha value is -0.710. The maximum Gasteiger partial charge on any atom is 0.356 e. The lowest BCUT2D eigenvalue weighted by molar-refractivity contribution is -0.135. The number of ether oxygens (including phenoxy) is 1. The van der Waals surface area contributed by atoms with Gasteiger partial charge in [0.25, 0.3) is 0 Å². The first-order chi connectivity index (χ1) is 7.26. The van der Waals surface area contributed by atoms with Gasteiger partial charge in [0.1, 0.15) is 6.61 Å². The number of thioether (sulfide) groups is 1. The van der Waals surface area contributed by atoms with Crippen LogP contribution in [0.15, 0.2) is 5.16 Å². The lowest BCUT2D eigenvalue weighted by Gasteiger charge is -2.04. The summed E-state index contributed by atoms with van der Waals surface area (Å²) in [5.74, 6) is 0.133. The van der Waals surface area contributed by atoms with Crippen LogP contribution in [0.4, 0.5) is 0 Å². The summed E-state index contributed by atoms with van der Waals surface area (Å²) in [5.41, 5.74) is 0.348. The van der Waals surface area contributed by atoms with Crippen LogP contribution in [-0.2, 0) is 14.4 Å². The Balaban J connectivity index is 4.05. The highest BCUT2D eigenvalue weighted by Gasteiger charge is 2.12. The topological polar surface area (TPSA) is 47.9 Å². The largest absolute Gasteiger partial charge is 0.461 e. The van der Waals surface area contributed by atoms with E-state index in [1.54, 1.807) is 6.92 Å². The van der Waals surface area contributed by atoms with Crippen LogP contribution in [0, 0.1) is 0 Å². The minimum absolute atomic E-state index is 0.348. The molecule has 0 aromatic rings. The van der Waals surface area contributed by atoms with Gasteiger partial charge in [-0.1, -0.05) is 18.5 Å². The number of carbonyl (C=O) groups excluding carboxylic acids is 1. The lowest BCUT2D eigenvalue weighted by atomic mass is 10.4. The van der Waals surface area contributed by atoms with Gasteiger partial charge >= 0.3 is 5.97 Å². The van der Waals surface area contributed by atoms with E-state index in [9.17, 15) is 4.79 Å². The molecule has 0 unspecified atom stereocenters. The van der Waals surface area contributed by atoms with Gasteiger partial charge in [-0.3, -0.25) is 0 Å². The van der Waals surface area contributed by atoms with Crippen LogP contribution in [0.2, 0.25) is 0 Å². The Morgan fingerprint density at radius 3 is 2.67 bits per heavy atom. The average molecular weight is 233 g/mol. The zero-order chi connectivity index (χ0) is 11.5. The van der Waals surface area contributed by atoms with Crippen molar-refractivity contribution in [1.29, 1.82) is 0 Å². The summed E-state index contributed by atoms with van der Waals surface area (Å²) in [6.45, 7) is 4.75. The predicted molar refractivity (Wildman–Crippen MR) is 63.3 cm³/mol. The highest BCUT2D eigenvalue weighted by molar-refractivity contribution is 7.99. The Morgan fingerprint density at radius 1 is 1.40 bits per heavy atom. The van der Waals surface area contributed by atoms with Crippen LogP contribution < -0.4 is 0 Å². The smallest absolute Gasteiger partial charge is 0.356 e. The fourth-order valence-electron chi connectivity index (χ4n) is 0.806. The third-order valence-corrected chi connectivity index (χ3v) is 2.12.